The molecule has 3 aromatic rings. The first kappa shape index (κ1) is 23.4. The normalized spacial score (nSPS) is 19.8. The summed E-state index contributed by atoms with van der Waals surface area (Å²) in [6, 6.07) is 25.3. The van der Waals surface area contributed by atoms with Gasteiger partial charge in [-0.3, -0.25) is 0 Å². The second-order valence-electron chi connectivity index (χ2n) is 11.0. The van der Waals surface area contributed by atoms with Gasteiger partial charge in [0.2, 0.25) is 0 Å². The molecule has 0 radical (unpaired) electrons. The van der Waals surface area contributed by atoms with Gasteiger partial charge in [-0.25, -0.2) is 0 Å². The molecule has 4 nitrogen and oxygen atoms in total. The largest absolute Gasteiger partial charge is 0.494 e. The van der Waals surface area contributed by atoms with Crippen molar-refractivity contribution in [1.29, 1.82) is 0 Å². The van der Waals surface area contributed by atoms with E-state index in [2.05, 4.69) is 88.4 Å². The minimum absolute atomic E-state index is 0.00217. The van der Waals surface area contributed by atoms with E-state index in [-0.39, 0.29) is 10.8 Å². The first-order chi connectivity index (χ1) is 16.3. The minimum atomic E-state index is -0.424. The lowest BCUT2D eigenvalue weighted by atomic mass is 9.65. The molecule has 0 N–H and O–H groups in total. The number of hydrogen-bond acceptors (Lipinski definition) is 4. The van der Waals surface area contributed by atoms with Crippen molar-refractivity contribution in [2.75, 3.05) is 26.4 Å². The Morgan fingerprint density at radius 2 is 0.853 bits per heavy atom. The zero-order chi connectivity index (χ0) is 23.8. The van der Waals surface area contributed by atoms with Crippen molar-refractivity contribution >= 4 is 25.2 Å². The Hall–Kier alpha value is -2.37. The van der Waals surface area contributed by atoms with Gasteiger partial charge < -0.3 is 18.6 Å². The van der Waals surface area contributed by atoms with Crippen LogP contribution in [0.2, 0.25) is 0 Å². The standard InChI is InChI=1S/C28H32B2O4/c1-27(2)17-31-29(32-18-27)25-15-24(22-13-9-6-10-14-22)26(30-33-19-28(3,4)20-34-30)16-23(25)21-11-7-5-8-12-21/h5-16H,17-20H2,1-4H3. The summed E-state index contributed by atoms with van der Waals surface area (Å²) in [5.41, 5.74) is 6.46. The van der Waals surface area contributed by atoms with E-state index in [1.165, 1.54) is 0 Å². The van der Waals surface area contributed by atoms with Crippen LogP contribution >= 0.6 is 0 Å². The Morgan fingerprint density at radius 1 is 0.529 bits per heavy atom. The molecule has 174 valence electrons. The van der Waals surface area contributed by atoms with Crippen molar-refractivity contribution < 1.29 is 18.6 Å². The Bertz CT molecular complexity index is 1020. The van der Waals surface area contributed by atoms with E-state index in [1.807, 2.05) is 12.1 Å². The van der Waals surface area contributed by atoms with Crippen molar-refractivity contribution in [1.82, 2.24) is 0 Å². The summed E-state index contributed by atoms with van der Waals surface area (Å²) in [7, 11) is -0.848. The third-order valence-electron chi connectivity index (χ3n) is 6.40. The molecule has 0 aliphatic carbocycles. The number of hydrogen-bond donors (Lipinski definition) is 0. The molecule has 2 aliphatic rings. The van der Waals surface area contributed by atoms with E-state index >= 15 is 0 Å². The molecule has 0 aromatic heterocycles. The molecule has 2 aliphatic heterocycles. The average molecular weight is 454 g/mol. The molecule has 0 spiro atoms. The van der Waals surface area contributed by atoms with Gasteiger partial charge in [-0.05, 0) is 33.2 Å². The smallest absolute Gasteiger partial charge is 0.407 e. The molecule has 34 heavy (non-hydrogen) atoms. The summed E-state index contributed by atoms with van der Waals surface area (Å²) in [5.74, 6) is 0. The summed E-state index contributed by atoms with van der Waals surface area (Å²) in [6.07, 6.45) is 0. The molecule has 3 aromatic carbocycles. The molecule has 0 amide bonds. The van der Waals surface area contributed by atoms with Crippen LogP contribution in [0.15, 0.2) is 72.8 Å². The molecule has 5 rings (SSSR count). The van der Waals surface area contributed by atoms with Gasteiger partial charge in [-0.1, -0.05) is 100 Å². The third kappa shape index (κ3) is 5.01. The van der Waals surface area contributed by atoms with Gasteiger partial charge in [0, 0.05) is 37.3 Å². The maximum Gasteiger partial charge on any atom is 0.494 e. The van der Waals surface area contributed by atoms with E-state index in [9.17, 15) is 0 Å². The molecule has 0 unspecified atom stereocenters. The van der Waals surface area contributed by atoms with E-state index < -0.39 is 14.2 Å². The van der Waals surface area contributed by atoms with Crippen molar-refractivity contribution in [3.8, 4) is 22.3 Å². The topological polar surface area (TPSA) is 36.9 Å². The van der Waals surface area contributed by atoms with Crippen LogP contribution in [0.3, 0.4) is 0 Å². The highest BCUT2D eigenvalue weighted by Gasteiger charge is 2.39. The quantitative estimate of drug-likeness (QED) is 0.542. The third-order valence-corrected chi connectivity index (χ3v) is 6.40. The first-order valence-corrected chi connectivity index (χ1v) is 12.1. The molecule has 0 atom stereocenters. The molecule has 0 bridgehead atoms. The predicted molar refractivity (Wildman–Crippen MR) is 139 cm³/mol. The Labute approximate surface area is 203 Å². The fourth-order valence-corrected chi connectivity index (χ4v) is 4.50. The second-order valence-corrected chi connectivity index (χ2v) is 11.0. The predicted octanol–water partition coefficient (Wildman–Crippen LogP) is 4.56. The zero-order valence-corrected chi connectivity index (χ0v) is 20.5. The summed E-state index contributed by atoms with van der Waals surface area (Å²) in [5, 5.41) is 0. The van der Waals surface area contributed by atoms with Crippen LogP contribution in [0.4, 0.5) is 0 Å². The first-order valence-electron chi connectivity index (χ1n) is 12.1. The van der Waals surface area contributed by atoms with Crippen LogP contribution in [-0.4, -0.2) is 40.7 Å². The maximum absolute atomic E-state index is 6.26. The van der Waals surface area contributed by atoms with Crippen LogP contribution in [0.1, 0.15) is 27.7 Å². The van der Waals surface area contributed by atoms with Gasteiger partial charge in [-0.15, -0.1) is 0 Å². The maximum atomic E-state index is 6.26. The minimum Gasteiger partial charge on any atom is -0.407 e. The molecular weight excluding hydrogens is 422 g/mol. The van der Waals surface area contributed by atoms with Crippen LogP contribution < -0.4 is 10.9 Å². The van der Waals surface area contributed by atoms with Crippen molar-refractivity contribution in [2.45, 2.75) is 27.7 Å². The van der Waals surface area contributed by atoms with Gasteiger partial charge in [0.25, 0.3) is 0 Å². The number of rotatable bonds is 4. The van der Waals surface area contributed by atoms with E-state index in [0.717, 1.165) is 33.2 Å². The highest BCUT2D eigenvalue weighted by atomic mass is 16.6. The van der Waals surface area contributed by atoms with Gasteiger partial charge >= 0.3 is 14.2 Å². The fourth-order valence-electron chi connectivity index (χ4n) is 4.50. The van der Waals surface area contributed by atoms with Crippen LogP contribution in [0.5, 0.6) is 0 Å². The van der Waals surface area contributed by atoms with Gasteiger partial charge in [0.15, 0.2) is 0 Å². The molecule has 2 fully saturated rings. The monoisotopic (exact) mass is 454 g/mol. The Morgan fingerprint density at radius 3 is 1.18 bits per heavy atom. The van der Waals surface area contributed by atoms with E-state index in [4.69, 9.17) is 18.6 Å². The molecule has 0 saturated carbocycles. The SMILES string of the molecule is CC1(C)COB(c2cc(-c3ccccc3)c(B3OCC(C)(C)CO3)cc2-c2ccccc2)OC1. The summed E-state index contributed by atoms with van der Waals surface area (Å²) in [4.78, 5) is 0. The number of benzene rings is 3. The Kier molecular flexibility index (Phi) is 6.43. The average Bonchev–Trinajstić information content (AvgIpc) is 2.85. The molecule has 2 heterocycles. The summed E-state index contributed by atoms with van der Waals surface area (Å²) >= 11 is 0. The Balaban J connectivity index is 1.65. The molecule has 2 saturated heterocycles. The fraction of sp³-hybridized carbons (Fsp3) is 0.357. The lowest BCUT2D eigenvalue weighted by Gasteiger charge is -2.35. The van der Waals surface area contributed by atoms with Gasteiger partial charge in [0.05, 0.1) is 0 Å². The lowest BCUT2D eigenvalue weighted by molar-refractivity contribution is 0.0340. The second kappa shape index (κ2) is 9.35. The van der Waals surface area contributed by atoms with Gasteiger partial charge in [-0.2, -0.15) is 0 Å². The zero-order valence-electron chi connectivity index (χ0n) is 20.5. The van der Waals surface area contributed by atoms with Crippen LogP contribution in [0.25, 0.3) is 22.3 Å². The lowest BCUT2D eigenvalue weighted by Crippen LogP contribution is -2.51. The molecule has 6 heteroatoms. The highest BCUT2D eigenvalue weighted by molar-refractivity contribution is 6.66. The molecular formula is C28H32B2O4. The van der Waals surface area contributed by atoms with Crippen LogP contribution in [0, 0.1) is 10.8 Å². The van der Waals surface area contributed by atoms with Crippen LogP contribution in [-0.2, 0) is 18.6 Å². The van der Waals surface area contributed by atoms with Crippen molar-refractivity contribution in [3.63, 3.8) is 0 Å². The van der Waals surface area contributed by atoms with Gasteiger partial charge in [0.1, 0.15) is 0 Å². The highest BCUT2D eigenvalue weighted by Crippen LogP contribution is 2.29. The summed E-state index contributed by atoms with van der Waals surface area (Å²) < 4.78 is 25.0. The van der Waals surface area contributed by atoms with E-state index in [1.54, 1.807) is 0 Å². The van der Waals surface area contributed by atoms with E-state index in [0.29, 0.717) is 26.4 Å². The van der Waals surface area contributed by atoms with Crippen molar-refractivity contribution in [2.24, 2.45) is 10.8 Å². The van der Waals surface area contributed by atoms with Crippen molar-refractivity contribution in [3.05, 3.63) is 72.8 Å². The summed E-state index contributed by atoms with van der Waals surface area (Å²) in [6.45, 7) is 11.3.